The van der Waals surface area contributed by atoms with Gasteiger partial charge in [-0.05, 0) is 0 Å². The van der Waals surface area contributed by atoms with Crippen molar-refractivity contribution >= 4 is 23.2 Å². The number of amides is 1. The first-order valence-electron chi connectivity index (χ1n) is 7.34. The SMILES string of the molecule is CC(=O)C1(N)N=C2C(=NCN2[C@@H]2O[C@H](CO)[C@@H](O)[C@H]2O)C(=O)N1C. The number of likely N-dealkylation sites (N-methyl/N-ethyl adjacent to an activating group) is 1. The van der Waals surface area contributed by atoms with Gasteiger partial charge in [0.1, 0.15) is 25.0 Å². The van der Waals surface area contributed by atoms with Crippen LogP contribution in [0.15, 0.2) is 9.98 Å². The normalized spacial score (nSPS) is 39.0. The maximum atomic E-state index is 12.4. The molecule has 0 saturated carbocycles. The molecule has 3 aliphatic heterocycles. The van der Waals surface area contributed by atoms with Crippen molar-refractivity contribution in [3.05, 3.63) is 0 Å². The second-order valence-electron chi connectivity index (χ2n) is 5.93. The first-order chi connectivity index (χ1) is 11.2. The number of rotatable bonds is 3. The minimum Gasteiger partial charge on any atom is -0.394 e. The van der Waals surface area contributed by atoms with Gasteiger partial charge in [-0.3, -0.25) is 25.2 Å². The van der Waals surface area contributed by atoms with Gasteiger partial charge in [-0.1, -0.05) is 0 Å². The van der Waals surface area contributed by atoms with Crippen LogP contribution in [0.1, 0.15) is 6.92 Å². The summed E-state index contributed by atoms with van der Waals surface area (Å²) in [5.74, 6) is -2.98. The van der Waals surface area contributed by atoms with Gasteiger partial charge in [-0.15, -0.1) is 0 Å². The highest BCUT2D eigenvalue weighted by Gasteiger charge is 2.53. The molecule has 5 N–H and O–H groups in total. The third-order valence-corrected chi connectivity index (χ3v) is 4.50. The molecule has 24 heavy (non-hydrogen) atoms. The zero-order chi connectivity index (χ0) is 17.8. The van der Waals surface area contributed by atoms with E-state index in [0.29, 0.717) is 0 Å². The van der Waals surface area contributed by atoms with Gasteiger partial charge < -0.3 is 25.0 Å². The fourth-order valence-electron chi connectivity index (χ4n) is 2.90. The van der Waals surface area contributed by atoms with Crippen LogP contribution in [0.4, 0.5) is 0 Å². The minimum absolute atomic E-state index is 0.00226. The lowest BCUT2D eigenvalue weighted by molar-refractivity contribution is -0.139. The van der Waals surface area contributed by atoms with Crippen molar-refractivity contribution in [3.63, 3.8) is 0 Å². The van der Waals surface area contributed by atoms with E-state index in [4.69, 9.17) is 10.5 Å². The van der Waals surface area contributed by atoms with Crippen LogP contribution in [0.2, 0.25) is 0 Å². The lowest BCUT2D eigenvalue weighted by Gasteiger charge is -2.38. The smallest absolute Gasteiger partial charge is 0.278 e. The maximum Gasteiger partial charge on any atom is 0.278 e. The van der Waals surface area contributed by atoms with Crippen molar-refractivity contribution < 1.29 is 29.6 Å². The number of fused-ring (bicyclic) bond motifs is 1. The van der Waals surface area contributed by atoms with Gasteiger partial charge in [0.15, 0.2) is 23.6 Å². The number of ketones is 1. The highest BCUT2D eigenvalue weighted by Crippen LogP contribution is 2.29. The number of nitrogens with two attached hydrogens (primary N) is 1. The van der Waals surface area contributed by atoms with Crippen LogP contribution >= 0.6 is 0 Å². The number of nitrogens with zero attached hydrogens (tertiary/aromatic N) is 4. The van der Waals surface area contributed by atoms with Gasteiger partial charge in [0.25, 0.3) is 5.91 Å². The molecular formula is C13H19N5O6. The molecule has 0 spiro atoms. The van der Waals surface area contributed by atoms with E-state index in [2.05, 4.69) is 9.98 Å². The number of amidine groups is 1. The zero-order valence-corrected chi connectivity index (χ0v) is 13.2. The molecule has 0 aromatic heterocycles. The Morgan fingerprint density at radius 1 is 1.46 bits per heavy atom. The largest absolute Gasteiger partial charge is 0.394 e. The minimum atomic E-state index is -1.88. The second kappa shape index (κ2) is 5.57. The zero-order valence-electron chi connectivity index (χ0n) is 13.2. The molecule has 11 heteroatoms. The number of Topliss-reactive ketones (excluding diaryl/α,β-unsaturated/α-hetero) is 1. The second-order valence-corrected chi connectivity index (χ2v) is 5.93. The van der Waals surface area contributed by atoms with Crippen molar-refractivity contribution in [2.24, 2.45) is 15.7 Å². The molecule has 11 nitrogen and oxygen atoms in total. The maximum absolute atomic E-state index is 12.4. The number of ether oxygens (including phenoxy) is 1. The van der Waals surface area contributed by atoms with E-state index in [9.17, 15) is 24.9 Å². The van der Waals surface area contributed by atoms with E-state index in [1.807, 2.05) is 0 Å². The van der Waals surface area contributed by atoms with E-state index in [1.54, 1.807) is 0 Å². The van der Waals surface area contributed by atoms with Crippen LogP contribution in [-0.4, -0.2) is 99.0 Å². The van der Waals surface area contributed by atoms with Crippen molar-refractivity contribution in [3.8, 4) is 0 Å². The molecule has 1 fully saturated rings. The first-order valence-corrected chi connectivity index (χ1v) is 7.34. The lowest BCUT2D eigenvalue weighted by atomic mass is 10.1. The first kappa shape index (κ1) is 16.9. The average molecular weight is 341 g/mol. The summed E-state index contributed by atoms with van der Waals surface area (Å²) in [6.07, 6.45) is -4.71. The van der Waals surface area contributed by atoms with Gasteiger partial charge in [0, 0.05) is 14.0 Å². The summed E-state index contributed by atoms with van der Waals surface area (Å²) in [5, 5.41) is 29.2. The monoisotopic (exact) mass is 341 g/mol. The standard InChI is InChI=1S/C13H19N5O6/c1-5(20)13(14)16-10-7(11(23)17(13)2)15-4-18(10)12-9(22)8(21)6(3-19)24-12/h6,8-9,12,19,21-22H,3-4,14H2,1-2H3/t6-,8-,9-,12-,13?/m1/s1. The molecule has 0 bridgehead atoms. The Morgan fingerprint density at radius 2 is 2.12 bits per heavy atom. The Bertz CT molecular complexity index is 651. The Kier molecular flexibility index (Phi) is 3.92. The number of aliphatic imine (C=N–C) groups is 2. The molecule has 1 amide bonds. The van der Waals surface area contributed by atoms with Crippen molar-refractivity contribution in [2.75, 3.05) is 20.3 Å². The molecule has 0 radical (unpaired) electrons. The number of aliphatic hydroxyl groups excluding tert-OH is 3. The highest BCUT2D eigenvalue weighted by atomic mass is 16.6. The number of hydrogen-bond donors (Lipinski definition) is 4. The molecule has 3 rings (SSSR count). The number of carbonyl (C=O) groups is 2. The number of aliphatic hydroxyl groups is 3. The van der Waals surface area contributed by atoms with Gasteiger partial charge in [0.2, 0.25) is 5.79 Å². The fraction of sp³-hybridized carbons (Fsp3) is 0.692. The predicted molar refractivity (Wildman–Crippen MR) is 79.7 cm³/mol. The molecule has 0 aromatic carbocycles. The van der Waals surface area contributed by atoms with Crippen molar-refractivity contribution in [2.45, 2.75) is 37.3 Å². The van der Waals surface area contributed by atoms with Gasteiger partial charge in [-0.2, -0.15) is 0 Å². The summed E-state index contributed by atoms with van der Waals surface area (Å²) >= 11 is 0. The van der Waals surface area contributed by atoms with Crippen LogP contribution in [0.5, 0.6) is 0 Å². The average Bonchev–Trinajstić information content (AvgIpc) is 3.07. The molecule has 1 unspecified atom stereocenters. The molecule has 1 saturated heterocycles. The molecular weight excluding hydrogens is 322 g/mol. The van der Waals surface area contributed by atoms with Crippen LogP contribution < -0.4 is 5.73 Å². The summed E-state index contributed by atoms with van der Waals surface area (Å²) in [5.41, 5.74) is 5.96. The summed E-state index contributed by atoms with van der Waals surface area (Å²) in [6, 6.07) is 0. The molecule has 0 aliphatic carbocycles. The molecule has 3 aliphatic rings. The van der Waals surface area contributed by atoms with Crippen molar-refractivity contribution in [1.29, 1.82) is 0 Å². The topological polar surface area (TPSA) is 161 Å². The Labute approximate surface area is 137 Å². The Balaban J connectivity index is 1.97. The number of carbonyl (C=O) groups excluding carboxylic acids is 2. The van der Waals surface area contributed by atoms with Gasteiger partial charge in [0.05, 0.1) is 6.61 Å². The van der Waals surface area contributed by atoms with E-state index in [0.717, 1.165) is 4.90 Å². The van der Waals surface area contributed by atoms with Crippen molar-refractivity contribution in [1.82, 2.24) is 9.80 Å². The Hall–Kier alpha value is -1.92. The van der Waals surface area contributed by atoms with Crippen LogP contribution in [-0.2, 0) is 14.3 Å². The van der Waals surface area contributed by atoms with Crippen LogP contribution in [0, 0.1) is 0 Å². The Morgan fingerprint density at radius 3 is 2.67 bits per heavy atom. The summed E-state index contributed by atoms with van der Waals surface area (Å²) in [7, 11) is 1.35. The summed E-state index contributed by atoms with van der Waals surface area (Å²) in [4.78, 5) is 34.8. The molecule has 0 aromatic rings. The fourth-order valence-corrected chi connectivity index (χ4v) is 2.90. The van der Waals surface area contributed by atoms with Gasteiger partial charge >= 0.3 is 0 Å². The van der Waals surface area contributed by atoms with Gasteiger partial charge in [-0.25, -0.2) is 4.99 Å². The highest BCUT2D eigenvalue weighted by molar-refractivity contribution is 6.68. The van der Waals surface area contributed by atoms with E-state index in [1.165, 1.54) is 18.9 Å². The number of hydrogen-bond acceptors (Lipinski definition) is 10. The molecule has 132 valence electrons. The van der Waals surface area contributed by atoms with E-state index >= 15 is 0 Å². The summed E-state index contributed by atoms with van der Waals surface area (Å²) < 4.78 is 5.43. The molecule has 3 heterocycles. The van der Waals surface area contributed by atoms with E-state index < -0.39 is 48.6 Å². The lowest BCUT2D eigenvalue weighted by Crippen LogP contribution is -2.66. The quantitative estimate of drug-likeness (QED) is 0.406. The third kappa shape index (κ3) is 2.17. The molecule has 5 atom stereocenters. The summed E-state index contributed by atoms with van der Waals surface area (Å²) in [6.45, 7) is 0.661. The third-order valence-electron chi connectivity index (χ3n) is 4.50. The van der Waals surface area contributed by atoms with E-state index in [-0.39, 0.29) is 18.2 Å². The predicted octanol–water partition coefficient (Wildman–Crippen LogP) is -3.79. The van der Waals surface area contributed by atoms with Crippen LogP contribution in [0.25, 0.3) is 0 Å². The van der Waals surface area contributed by atoms with Crippen LogP contribution in [0.3, 0.4) is 0 Å².